The number of hydrogen-bond donors (Lipinski definition) is 1. The molecule has 0 bridgehead atoms. The number of furan rings is 1. The first kappa shape index (κ1) is 20.4. The minimum atomic E-state index is -0.351. The van der Waals surface area contributed by atoms with Crippen molar-refractivity contribution in [2.45, 2.75) is 6.54 Å². The Morgan fingerprint density at radius 2 is 1.55 bits per heavy atom. The average Bonchev–Trinajstić information content (AvgIpc) is 3.31. The van der Waals surface area contributed by atoms with Crippen LogP contribution in [0.2, 0.25) is 0 Å². The highest BCUT2D eigenvalue weighted by Crippen LogP contribution is 2.22. The van der Waals surface area contributed by atoms with Gasteiger partial charge < -0.3 is 8.98 Å². The molecule has 5 rings (SSSR count). The van der Waals surface area contributed by atoms with Crippen LogP contribution in [0.3, 0.4) is 0 Å². The Bertz CT molecular complexity index is 1510. The number of halogens is 1. The van der Waals surface area contributed by atoms with Crippen molar-refractivity contribution in [3.05, 3.63) is 107 Å². The van der Waals surface area contributed by atoms with Gasteiger partial charge in [-0.25, -0.2) is 9.82 Å². The highest BCUT2D eigenvalue weighted by Gasteiger charge is 2.12. The maximum absolute atomic E-state index is 13.1. The van der Waals surface area contributed by atoms with Gasteiger partial charge in [0, 0.05) is 16.3 Å². The third-order valence-corrected chi connectivity index (χ3v) is 5.32. The first-order valence-corrected chi connectivity index (χ1v) is 10.3. The van der Waals surface area contributed by atoms with Gasteiger partial charge in [0.2, 0.25) is 0 Å². The minimum Gasteiger partial charge on any atom is -0.455 e. The number of aromatic nitrogens is 1. The summed E-state index contributed by atoms with van der Waals surface area (Å²) in [6.07, 6.45) is 1.40. The van der Waals surface area contributed by atoms with Gasteiger partial charge in [0.25, 0.3) is 5.91 Å². The van der Waals surface area contributed by atoms with Crippen molar-refractivity contribution in [2.75, 3.05) is 0 Å². The number of benzene rings is 3. The summed E-state index contributed by atoms with van der Waals surface area (Å²) < 4.78 is 20.6. The normalized spacial score (nSPS) is 11.4. The Balaban J connectivity index is 1.36. The lowest BCUT2D eigenvalue weighted by atomic mass is 10.1. The number of carbonyl (C=O) groups excluding carboxylic acids is 1. The largest absolute Gasteiger partial charge is 0.455 e. The second kappa shape index (κ2) is 8.55. The van der Waals surface area contributed by atoms with Crippen LogP contribution >= 0.6 is 0 Å². The molecule has 2 aromatic heterocycles. The third kappa shape index (κ3) is 4.04. The number of hydrogen-bond acceptors (Lipinski definition) is 4. The van der Waals surface area contributed by atoms with Crippen LogP contribution < -0.4 is 10.9 Å². The van der Waals surface area contributed by atoms with E-state index in [9.17, 15) is 14.0 Å². The molecule has 0 atom stereocenters. The molecule has 0 aliphatic heterocycles. The van der Waals surface area contributed by atoms with Crippen molar-refractivity contribution >= 4 is 33.9 Å². The fraction of sp³-hybridized carbons (Fsp3) is 0.0385. The summed E-state index contributed by atoms with van der Waals surface area (Å²) in [7, 11) is 0. The van der Waals surface area contributed by atoms with Crippen molar-refractivity contribution in [3.63, 3.8) is 0 Å². The van der Waals surface area contributed by atoms with Gasteiger partial charge in [-0.15, -0.1) is 0 Å². The number of amides is 1. The molecule has 0 saturated carbocycles. The maximum atomic E-state index is 13.1. The standard InChI is InChI=1S/C26H18FN3O3/c27-18-11-9-17(10-12-18)24-14-13-19(33-24)15-28-29-25(31)16-30-22-7-3-1-5-20(22)26(32)21-6-2-4-8-23(21)30/h1-15H,16H2,(H,29,31)/b28-15-. The summed E-state index contributed by atoms with van der Waals surface area (Å²) in [6, 6.07) is 23.8. The Kier molecular flexibility index (Phi) is 5.28. The molecule has 6 nitrogen and oxygen atoms in total. The number of fused-ring (bicyclic) bond motifs is 2. The number of rotatable bonds is 5. The maximum Gasteiger partial charge on any atom is 0.260 e. The van der Waals surface area contributed by atoms with Crippen molar-refractivity contribution < 1.29 is 13.6 Å². The fourth-order valence-corrected chi connectivity index (χ4v) is 3.79. The number of nitrogens with one attached hydrogen (secondary N) is 1. The fourth-order valence-electron chi connectivity index (χ4n) is 3.79. The van der Waals surface area contributed by atoms with Crippen LogP contribution in [0, 0.1) is 5.82 Å². The molecule has 2 heterocycles. The van der Waals surface area contributed by atoms with Crippen LogP contribution in [-0.2, 0) is 11.3 Å². The quantitative estimate of drug-likeness (QED) is 0.245. The number of pyridine rings is 1. The zero-order chi connectivity index (χ0) is 22.8. The number of nitrogens with zero attached hydrogens (tertiary/aromatic N) is 2. The van der Waals surface area contributed by atoms with Crippen molar-refractivity contribution in [3.8, 4) is 11.3 Å². The van der Waals surface area contributed by atoms with E-state index >= 15 is 0 Å². The molecule has 33 heavy (non-hydrogen) atoms. The smallest absolute Gasteiger partial charge is 0.260 e. The molecule has 0 aliphatic carbocycles. The SMILES string of the molecule is O=C(Cn1c2ccccc2c(=O)c2ccccc21)N/N=C\c1ccc(-c2ccc(F)cc2)o1. The van der Waals surface area contributed by atoms with E-state index in [1.807, 2.05) is 24.3 Å². The lowest BCUT2D eigenvalue weighted by Crippen LogP contribution is -2.25. The van der Waals surface area contributed by atoms with Gasteiger partial charge in [-0.1, -0.05) is 24.3 Å². The Morgan fingerprint density at radius 1 is 0.909 bits per heavy atom. The van der Waals surface area contributed by atoms with Crippen LogP contribution in [0.25, 0.3) is 33.1 Å². The van der Waals surface area contributed by atoms with Crippen LogP contribution in [0.15, 0.2) is 99.2 Å². The average molecular weight is 439 g/mol. The van der Waals surface area contributed by atoms with Gasteiger partial charge in [0.1, 0.15) is 23.9 Å². The highest BCUT2D eigenvalue weighted by molar-refractivity contribution is 5.95. The monoisotopic (exact) mass is 439 g/mol. The first-order chi connectivity index (χ1) is 16.1. The predicted molar refractivity (Wildman–Crippen MR) is 126 cm³/mol. The Morgan fingerprint density at radius 3 is 2.21 bits per heavy atom. The second-order valence-electron chi connectivity index (χ2n) is 7.45. The summed E-state index contributed by atoms with van der Waals surface area (Å²) >= 11 is 0. The number of para-hydroxylation sites is 2. The van der Waals surface area contributed by atoms with Crippen molar-refractivity contribution in [1.82, 2.24) is 9.99 Å². The van der Waals surface area contributed by atoms with Crippen LogP contribution in [0.1, 0.15) is 5.76 Å². The molecule has 5 aromatic rings. The molecule has 0 aliphatic rings. The number of hydrazone groups is 1. The predicted octanol–water partition coefficient (Wildman–Crippen LogP) is 4.70. The van der Waals surface area contributed by atoms with Gasteiger partial charge in [0.05, 0.1) is 17.2 Å². The van der Waals surface area contributed by atoms with E-state index in [2.05, 4.69) is 10.5 Å². The molecule has 162 valence electrons. The summed E-state index contributed by atoms with van der Waals surface area (Å²) in [5, 5.41) is 5.09. The highest BCUT2D eigenvalue weighted by atomic mass is 19.1. The van der Waals surface area contributed by atoms with Gasteiger partial charge in [-0.3, -0.25) is 9.59 Å². The van der Waals surface area contributed by atoms with Crippen molar-refractivity contribution in [1.29, 1.82) is 0 Å². The molecule has 1 amide bonds. The molecule has 0 radical (unpaired) electrons. The summed E-state index contributed by atoms with van der Waals surface area (Å²) in [5.74, 6) is 0.330. The molecule has 1 N–H and O–H groups in total. The molecular weight excluding hydrogens is 421 g/mol. The molecule has 0 fully saturated rings. The van der Waals surface area contributed by atoms with E-state index in [0.29, 0.717) is 33.3 Å². The molecule has 3 aromatic carbocycles. The molecular formula is C26H18FN3O3. The van der Waals surface area contributed by atoms with Gasteiger partial charge in [-0.2, -0.15) is 5.10 Å². The topological polar surface area (TPSA) is 76.6 Å². The number of carbonyl (C=O) groups is 1. The van der Waals surface area contributed by atoms with E-state index in [4.69, 9.17) is 4.42 Å². The zero-order valence-electron chi connectivity index (χ0n) is 17.4. The molecule has 0 spiro atoms. The molecule has 0 saturated heterocycles. The Hall–Kier alpha value is -4.52. The van der Waals surface area contributed by atoms with Gasteiger partial charge >= 0.3 is 0 Å². The lowest BCUT2D eigenvalue weighted by Gasteiger charge is -2.14. The van der Waals surface area contributed by atoms with Gasteiger partial charge in [0.15, 0.2) is 5.43 Å². The zero-order valence-corrected chi connectivity index (χ0v) is 17.4. The van der Waals surface area contributed by atoms with E-state index in [0.717, 1.165) is 5.56 Å². The van der Waals surface area contributed by atoms with Gasteiger partial charge in [-0.05, 0) is 60.7 Å². The molecule has 7 heteroatoms. The lowest BCUT2D eigenvalue weighted by molar-refractivity contribution is -0.121. The summed E-state index contributed by atoms with van der Waals surface area (Å²) in [6.45, 7) is -0.0162. The van der Waals surface area contributed by atoms with Crippen LogP contribution in [-0.4, -0.2) is 16.7 Å². The Labute approximate surface area is 187 Å². The minimum absolute atomic E-state index is 0.0162. The molecule has 0 unspecified atom stereocenters. The van der Waals surface area contributed by atoms with Crippen LogP contribution in [0.5, 0.6) is 0 Å². The summed E-state index contributed by atoms with van der Waals surface area (Å²) in [5.41, 5.74) is 4.52. The van der Waals surface area contributed by atoms with E-state index in [-0.39, 0.29) is 23.7 Å². The third-order valence-electron chi connectivity index (χ3n) is 5.32. The second-order valence-corrected chi connectivity index (χ2v) is 7.45. The van der Waals surface area contributed by atoms with E-state index in [1.165, 1.54) is 18.3 Å². The van der Waals surface area contributed by atoms with E-state index in [1.54, 1.807) is 53.1 Å². The van der Waals surface area contributed by atoms with Crippen LogP contribution in [0.4, 0.5) is 4.39 Å². The van der Waals surface area contributed by atoms with E-state index < -0.39 is 0 Å². The summed E-state index contributed by atoms with van der Waals surface area (Å²) in [4.78, 5) is 25.5. The first-order valence-electron chi connectivity index (χ1n) is 10.3. The van der Waals surface area contributed by atoms with Crippen molar-refractivity contribution in [2.24, 2.45) is 5.10 Å².